The second-order valence-electron chi connectivity index (χ2n) is 6.97. The van der Waals surface area contributed by atoms with Crippen molar-refractivity contribution in [2.24, 2.45) is 5.92 Å². The van der Waals surface area contributed by atoms with Gasteiger partial charge in [0, 0.05) is 11.6 Å². The number of pyridine rings is 1. The molecular formula is C23H21NO2S. The van der Waals surface area contributed by atoms with Crippen LogP contribution in [-0.2, 0) is 10.2 Å². The molecule has 1 aliphatic rings. The molecule has 1 saturated carbocycles. The van der Waals surface area contributed by atoms with Crippen molar-refractivity contribution in [3.63, 3.8) is 0 Å². The van der Waals surface area contributed by atoms with Crippen LogP contribution in [0.3, 0.4) is 0 Å². The second-order valence-corrected chi connectivity index (χ2v) is 7.39. The zero-order chi connectivity index (χ0) is 18.7. The average Bonchev–Trinajstić information content (AvgIpc) is 2.69. The summed E-state index contributed by atoms with van der Waals surface area (Å²) < 4.78 is 1.85. The van der Waals surface area contributed by atoms with Gasteiger partial charge >= 0.3 is 5.97 Å². The Bertz CT molecular complexity index is 942. The van der Waals surface area contributed by atoms with Crippen molar-refractivity contribution in [2.75, 3.05) is 0 Å². The Morgan fingerprint density at radius 2 is 1.56 bits per heavy atom. The van der Waals surface area contributed by atoms with E-state index in [2.05, 4.69) is 48.5 Å². The van der Waals surface area contributed by atoms with E-state index >= 15 is 0 Å². The van der Waals surface area contributed by atoms with Gasteiger partial charge in [0.25, 0.3) is 0 Å². The van der Waals surface area contributed by atoms with Gasteiger partial charge in [0.1, 0.15) is 4.64 Å². The first-order valence-electron chi connectivity index (χ1n) is 9.20. The van der Waals surface area contributed by atoms with Crippen LogP contribution >= 0.6 is 12.2 Å². The van der Waals surface area contributed by atoms with Crippen LogP contribution in [0.2, 0.25) is 0 Å². The van der Waals surface area contributed by atoms with E-state index in [4.69, 9.17) is 17.1 Å². The molecule has 4 rings (SSSR count). The van der Waals surface area contributed by atoms with E-state index in [0.29, 0.717) is 11.1 Å². The monoisotopic (exact) mass is 375 g/mol. The molecule has 0 radical (unpaired) electrons. The first-order chi connectivity index (χ1) is 13.2. The van der Waals surface area contributed by atoms with Crippen molar-refractivity contribution in [3.05, 3.63) is 101 Å². The van der Waals surface area contributed by atoms with Gasteiger partial charge in [0.15, 0.2) is 0 Å². The molecule has 1 heterocycles. The second kappa shape index (κ2) is 7.49. The van der Waals surface area contributed by atoms with Crippen LogP contribution in [0.5, 0.6) is 0 Å². The molecule has 1 aromatic heterocycles. The minimum Gasteiger partial charge on any atom is -0.336 e. The molecule has 136 valence electrons. The first-order valence-corrected chi connectivity index (χ1v) is 9.61. The van der Waals surface area contributed by atoms with E-state index in [0.717, 1.165) is 12.8 Å². The third-order valence-electron chi connectivity index (χ3n) is 5.56. The molecule has 3 aromatic rings. The fourth-order valence-corrected chi connectivity index (χ4v) is 4.32. The number of rotatable bonds is 5. The number of hydrogen-bond donors (Lipinski definition) is 0. The molecule has 2 aromatic carbocycles. The fourth-order valence-electron chi connectivity index (χ4n) is 4.15. The van der Waals surface area contributed by atoms with Crippen molar-refractivity contribution in [1.29, 1.82) is 0 Å². The summed E-state index contributed by atoms with van der Waals surface area (Å²) in [5.74, 6) is -0.0501. The predicted molar refractivity (Wildman–Crippen MR) is 108 cm³/mol. The van der Waals surface area contributed by atoms with Crippen LogP contribution in [0.1, 0.15) is 30.4 Å². The Kier molecular flexibility index (Phi) is 4.90. The number of hydrogen-bond acceptors (Lipinski definition) is 3. The summed E-state index contributed by atoms with van der Waals surface area (Å²) in [6.45, 7) is 0. The van der Waals surface area contributed by atoms with Crippen molar-refractivity contribution < 1.29 is 9.63 Å². The molecule has 1 aliphatic carbocycles. The molecule has 3 nitrogen and oxygen atoms in total. The van der Waals surface area contributed by atoms with Crippen molar-refractivity contribution in [3.8, 4) is 0 Å². The van der Waals surface area contributed by atoms with Crippen LogP contribution in [-0.4, -0.2) is 10.7 Å². The Morgan fingerprint density at radius 3 is 2.07 bits per heavy atom. The van der Waals surface area contributed by atoms with Crippen LogP contribution < -0.4 is 4.84 Å². The van der Waals surface area contributed by atoms with Crippen LogP contribution in [0.25, 0.3) is 0 Å². The van der Waals surface area contributed by atoms with Crippen LogP contribution in [0.15, 0.2) is 85.1 Å². The minimum atomic E-state index is -0.252. The SMILES string of the molecule is O=C(CC1CCC1(c1ccccc1)c1ccccc1)On1ccccc1=S. The predicted octanol–water partition coefficient (Wildman–Crippen LogP) is 4.96. The van der Waals surface area contributed by atoms with E-state index < -0.39 is 0 Å². The summed E-state index contributed by atoms with van der Waals surface area (Å²) in [7, 11) is 0. The highest BCUT2D eigenvalue weighted by atomic mass is 32.1. The third-order valence-corrected chi connectivity index (χ3v) is 5.88. The van der Waals surface area contributed by atoms with Gasteiger partial charge in [-0.1, -0.05) is 78.9 Å². The first kappa shape index (κ1) is 17.7. The fraction of sp³-hybridized carbons (Fsp3) is 0.217. The van der Waals surface area contributed by atoms with Gasteiger partial charge in [0.2, 0.25) is 0 Å². The van der Waals surface area contributed by atoms with E-state index in [-0.39, 0.29) is 17.3 Å². The largest absolute Gasteiger partial charge is 0.336 e. The van der Waals surface area contributed by atoms with Crippen molar-refractivity contribution >= 4 is 18.2 Å². The zero-order valence-corrected chi connectivity index (χ0v) is 15.8. The lowest BCUT2D eigenvalue weighted by atomic mass is 9.52. The molecule has 1 fully saturated rings. The number of carbonyl (C=O) groups is 1. The number of carbonyl (C=O) groups excluding carboxylic acids is 1. The van der Waals surface area contributed by atoms with Crippen LogP contribution in [0, 0.1) is 10.6 Å². The summed E-state index contributed by atoms with van der Waals surface area (Å²) in [4.78, 5) is 18.1. The van der Waals surface area contributed by atoms with E-state index in [9.17, 15) is 4.79 Å². The van der Waals surface area contributed by atoms with Gasteiger partial charge in [-0.2, -0.15) is 4.73 Å². The maximum atomic E-state index is 12.6. The highest BCUT2D eigenvalue weighted by Crippen LogP contribution is 2.54. The number of benzene rings is 2. The lowest BCUT2D eigenvalue weighted by molar-refractivity contribution is -0.147. The molecule has 1 unspecified atom stereocenters. The van der Waals surface area contributed by atoms with E-state index in [1.54, 1.807) is 18.3 Å². The van der Waals surface area contributed by atoms with Gasteiger partial charge in [-0.15, -0.1) is 0 Å². The van der Waals surface area contributed by atoms with Gasteiger partial charge in [-0.3, -0.25) is 0 Å². The molecule has 0 N–H and O–H groups in total. The van der Waals surface area contributed by atoms with Gasteiger partial charge < -0.3 is 4.84 Å². The molecule has 27 heavy (non-hydrogen) atoms. The molecule has 1 atom stereocenters. The number of nitrogens with zero attached hydrogens (tertiary/aromatic N) is 1. The van der Waals surface area contributed by atoms with Gasteiger partial charge in [-0.25, -0.2) is 4.79 Å². The normalized spacial score (nSPS) is 17.7. The molecule has 0 spiro atoms. The summed E-state index contributed by atoms with van der Waals surface area (Å²) in [6, 6.07) is 26.3. The van der Waals surface area contributed by atoms with E-state index in [1.807, 2.05) is 18.2 Å². The minimum absolute atomic E-state index is 0.139. The van der Waals surface area contributed by atoms with E-state index in [1.165, 1.54) is 15.9 Å². The summed E-state index contributed by atoms with van der Waals surface area (Å²) in [5.41, 5.74) is 2.38. The Labute approximate surface area is 164 Å². The Hall–Kier alpha value is -2.72. The lowest BCUT2D eigenvalue weighted by Gasteiger charge is -2.50. The summed E-state index contributed by atoms with van der Waals surface area (Å²) in [5, 5.41) is 0. The Balaban J connectivity index is 1.61. The van der Waals surface area contributed by atoms with Crippen molar-refractivity contribution in [1.82, 2.24) is 4.73 Å². The third kappa shape index (κ3) is 3.33. The summed E-state index contributed by atoms with van der Waals surface area (Å²) >= 11 is 5.21. The quantitative estimate of drug-likeness (QED) is 0.591. The highest BCUT2D eigenvalue weighted by molar-refractivity contribution is 7.71. The molecule has 0 aliphatic heterocycles. The maximum Gasteiger partial charge on any atom is 0.333 e. The smallest absolute Gasteiger partial charge is 0.333 e. The molecule has 0 amide bonds. The average molecular weight is 375 g/mol. The van der Waals surface area contributed by atoms with Gasteiger partial charge in [-0.05, 0) is 42.0 Å². The van der Waals surface area contributed by atoms with Crippen molar-refractivity contribution in [2.45, 2.75) is 24.7 Å². The zero-order valence-electron chi connectivity index (χ0n) is 15.0. The van der Waals surface area contributed by atoms with Crippen LogP contribution in [0.4, 0.5) is 0 Å². The Morgan fingerprint density at radius 1 is 0.963 bits per heavy atom. The van der Waals surface area contributed by atoms with Gasteiger partial charge in [0.05, 0.1) is 6.42 Å². The standard InChI is InChI=1S/C23H21NO2S/c25-22(26-24-16-8-7-13-21(24)27)17-20-14-15-23(20,18-9-3-1-4-10-18)19-11-5-2-6-12-19/h1-13,16,20H,14-15,17H2. The lowest BCUT2D eigenvalue weighted by Crippen LogP contribution is -2.47. The molecule has 0 saturated heterocycles. The summed E-state index contributed by atoms with van der Waals surface area (Å²) in [6.07, 6.45) is 4.06. The molecule has 4 heteroatoms. The molecule has 0 bridgehead atoms. The highest BCUT2D eigenvalue weighted by Gasteiger charge is 2.49. The topological polar surface area (TPSA) is 31.2 Å². The maximum absolute atomic E-state index is 12.6. The number of aromatic nitrogens is 1. The molecular weight excluding hydrogens is 354 g/mol.